The predicted octanol–water partition coefficient (Wildman–Crippen LogP) is 3.64. The SMILES string of the molecule is CC(N)c1ccccc1Nc1ncc(Cl)cc1F. The summed E-state index contributed by atoms with van der Waals surface area (Å²) in [4.78, 5) is 3.91. The normalized spacial score (nSPS) is 12.2. The van der Waals surface area contributed by atoms with Gasteiger partial charge < -0.3 is 11.1 Å². The van der Waals surface area contributed by atoms with Gasteiger partial charge in [0.1, 0.15) is 0 Å². The zero-order chi connectivity index (χ0) is 13.1. The van der Waals surface area contributed by atoms with Gasteiger partial charge in [0.2, 0.25) is 0 Å². The third kappa shape index (κ3) is 2.78. The number of benzene rings is 1. The van der Waals surface area contributed by atoms with Crippen molar-refractivity contribution < 1.29 is 4.39 Å². The van der Waals surface area contributed by atoms with Gasteiger partial charge in [-0.15, -0.1) is 0 Å². The van der Waals surface area contributed by atoms with Crippen LogP contribution in [-0.4, -0.2) is 4.98 Å². The van der Waals surface area contributed by atoms with Gasteiger partial charge in [0, 0.05) is 17.9 Å². The molecule has 0 saturated heterocycles. The highest BCUT2D eigenvalue weighted by Crippen LogP contribution is 2.25. The Kier molecular flexibility index (Phi) is 3.79. The third-order valence-electron chi connectivity index (χ3n) is 2.51. The van der Waals surface area contributed by atoms with Crippen molar-refractivity contribution >= 4 is 23.1 Å². The minimum absolute atomic E-state index is 0.132. The number of hydrogen-bond donors (Lipinski definition) is 2. The van der Waals surface area contributed by atoms with E-state index in [-0.39, 0.29) is 16.9 Å². The van der Waals surface area contributed by atoms with Crippen LogP contribution in [0.1, 0.15) is 18.5 Å². The molecule has 0 aliphatic heterocycles. The van der Waals surface area contributed by atoms with Crippen molar-refractivity contribution in [2.24, 2.45) is 5.73 Å². The fraction of sp³-hybridized carbons (Fsp3) is 0.154. The quantitative estimate of drug-likeness (QED) is 0.891. The Morgan fingerprint density at radius 3 is 2.78 bits per heavy atom. The number of nitrogens with one attached hydrogen (secondary N) is 1. The molecule has 0 aliphatic carbocycles. The standard InChI is InChI=1S/C13H13ClFN3/c1-8(16)10-4-2-3-5-12(10)18-13-11(15)6-9(14)7-17-13/h2-8H,16H2,1H3,(H,17,18). The number of nitrogens with zero attached hydrogens (tertiary/aromatic N) is 1. The summed E-state index contributed by atoms with van der Waals surface area (Å²) in [7, 11) is 0. The maximum Gasteiger partial charge on any atom is 0.167 e. The van der Waals surface area contributed by atoms with Gasteiger partial charge in [-0.2, -0.15) is 0 Å². The van der Waals surface area contributed by atoms with Crippen molar-refractivity contribution in [1.82, 2.24) is 4.98 Å². The zero-order valence-corrected chi connectivity index (χ0v) is 10.6. The van der Waals surface area contributed by atoms with E-state index in [0.717, 1.165) is 11.3 Å². The summed E-state index contributed by atoms with van der Waals surface area (Å²) in [6.07, 6.45) is 1.39. The largest absolute Gasteiger partial charge is 0.338 e. The number of pyridine rings is 1. The van der Waals surface area contributed by atoms with Crippen LogP contribution in [0.15, 0.2) is 36.5 Å². The Labute approximate surface area is 110 Å². The van der Waals surface area contributed by atoms with Gasteiger partial charge in [0.05, 0.1) is 5.02 Å². The van der Waals surface area contributed by atoms with E-state index >= 15 is 0 Å². The summed E-state index contributed by atoms with van der Waals surface area (Å²) < 4.78 is 13.6. The molecule has 2 aromatic rings. The van der Waals surface area contributed by atoms with Gasteiger partial charge >= 0.3 is 0 Å². The molecule has 0 radical (unpaired) electrons. The lowest BCUT2D eigenvalue weighted by atomic mass is 10.1. The number of hydrogen-bond acceptors (Lipinski definition) is 3. The van der Waals surface area contributed by atoms with E-state index < -0.39 is 5.82 Å². The molecule has 3 N–H and O–H groups in total. The summed E-state index contributed by atoms with van der Waals surface area (Å²) in [5.74, 6) is -0.366. The van der Waals surface area contributed by atoms with Crippen LogP contribution in [0.25, 0.3) is 0 Å². The molecule has 0 spiro atoms. The molecule has 0 saturated carbocycles. The molecular formula is C13H13ClFN3. The Balaban J connectivity index is 2.34. The van der Waals surface area contributed by atoms with Crippen LogP contribution in [0.3, 0.4) is 0 Å². The molecule has 5 heteroatoms. The molecule has 3 nitrogen and oxygen atoms in total. The van der Waals surface area contributed by atoms with E-state index in [1.54, 1.807) is 0 Å². The minimum atomic E-state index is -0.498. The lowest BCUT2D eigenvalue weighted by Gasteiger charge is -2.14. The fourth-order valence-electron chi connectivity index (χ4n) is 1.64. The van der Waals surface area contributed by atoms with Crippen molar-refractivity contribution in [3.8, 4) is 0 Å². The topological polar surface area (TPSA) is 50.9 Å². The zero-order valence-electron chi connectivity index (χ0n) is 9.82. The van der Waals surface area contributed by atoms with Crippen molar-refractivity contribution in [2.45, 2.75) is 13.0 Å². The van der Waals surface area contributed by atoms with E-state index in [0.29, 0.717) is 0 Å². The van der Waals surface area contributed by atoms with Gasteiger partial charge in [-0.1, -0.05) is 29.8 Å². The molecule has 1 atom stereocenters. The number of nitrogens with two attached hydrogens (primary N) is 1. The smallest absolute Gasteiger partial charge is 0.167 e. The molecule has 94 valence electrons. The monoisotopic (exact) mass is 265 g/mol. The van der Waals surface area contributed by atoms with Crippen molar-refractivity contribution in [3.63, 3.8) is 0 Å². The highest BCUT2D eigenvalue weighted by molar-refractivity contribution is 6.30. The first-order valence-electron chi connectivity index (χ1n) is 5.50. The second kappa shape index (κ2) is 5.33. The van der Waals surface area contributed by atoms with Gasteiger partial charge in [-0.05, 0) is 24.6 Å². The number of rotatable bonds is 3. The van der Waals surface area contributed by atoms with E-state index in [9.17, 15) is 4.39 Å². The Bertz CT molecular complexity index is 558. The van der Waals surface area contributed by atoms with Crippen molar-refractivity contribution in [3.05, 3.63) is 52.9 Å². The first kappa shape index (κ1) is 12.8. The Morgan fingerprint density at radius 1 is 1.39 bits per heavy atom. The summed E-state index contributed by atoms with van der Waals surface area (Å²) in [5.41, 5.74) is 7.49. The average molecular weight is 266 g/mol. The van der Waals surface area contributed by atoms with Crippen LogP contribution < -0.4 is 11.1 Å². The van der Waals surface area contributed by atoms with Crippen LogP contribution in [0.4, 0.5) is 15.9 Å². The molecule has 1 unspecified atom stereocenters. The van der Waals surface area contributed by atoms with Crippen molar-refractivity contribution in [2.75, 3.05) is 5.32 Å². The van der Waals surface area contributed by atoms with E-state index in [2.05, 4.69) is 10.3 Å². The van der Waals surface area contributed by atoms with Crippen molar-refractivity contribution in [1.29, 1.82) is 0 Å². The van der Waals surface area contributed by atoms with Gasteiger partial charge in [-0.25, -0.2) is 9.37 Å². The highest BCUT2D eigenvalue weighted by atomic mass is 35.5. The van der Waals surface area contributed by atoms with E-state index in [4.69, 9.17) is 17.3 Å². The predicted molar refractivity (Wildman–Crippen MR) is 71.5 cm³/mol. The van der Waals surface area contributed by atoms with Crippen LogP contribution >= 0.6 is 11.6 Å². The minimum Gasteiger partial charge on any atom is -0.338 e. The van der Waals surface area contributed by atoms with Crippen LogP contribution in [0.5, 0.6) is 0 Å². The lowest BCUT2D eigenvalue weighted by molar-refractivity contribution is 0.626. The number of anilines is 2. The summed E-state index contributed by atoms with van der Waals surface area (Å²) in [5, 5.41) is 3.19. The first-order chi connectivity index (χ1) is 8.58. The lowest BCUT2D eigenvalue weighted by Crippen LogP contribution is -2.08. The highest BCUT2D eigenvalue weighted by Gasteiger charge is 2.09. The fourth-order valence-corrected chi connectivity index (χ4v) is 1.79. The molecule has 1 aromatic carbocycles. The summed E-state index contributed by atoms with van der Waals surface area (Å²) >= 11 is 5.65. The molecule has 0 aliphatic rings. The molecule has 1 heterocycles. The van der Waals surface area contributed by atoms with Crippen LogP contribution in [0, 0.1) is 5.82 Å². The van der Waals surface area contributed by atoms with E-state index in [1.807, 2.05) is 31.2 Å². The average Bonchev–Trinajstić information content (AvgIpc) is 2.33. The maximum atomic E-state index is 13.6. The number of para-hydroxylation sites is 1. The molecule has 0 amide bonds. The molecule has 1 aromatic heterocycles. The van der Waals surface area contributed by atoms with Gasteiger partial charge in [0.25, 0.3) is 0 Å². The third-order valence-corrected chi connectivity index (χ3v) is 2.72. The molecule has 18 heavy (non-hydrogen) atoms. The molecule has 0 bridgehead atoms. The second-order valence-corrected chi connectivity index (χ2v) is 4.42. The Morgan fingerprint density at radius 2 is 2.11 bits per heavy atom. The number of halogens is 2. The van der Waals surface area contributed by atoms with Gasteiger partial charge in [0.15, 0.2) is 11.6 Å². The van der Waals surface area contributed by atoms with Crippen LogP contribution in [-0.2, 0) is 0 Å². The van der Waals surface area contributed by atoms with E-state index in [1.165, 1.54) is 12.3 Å². The van der Waals surface area contributed by atoms with Gasteiger partial charge in [-0.3, -0.25) is 0 Å². The Hall–Kier alpha value is -1.65. The first-order valence-corrected chi connectivity index (χ1v) is 5.88. The summed E-state index contributed by atoms with van der Waals surface area (Å²) in [6, 6.07) is 8.52. The molecule has 2 rings (SSSR count). The second-order valence-electron chi connectivity index (χ2n) is 3.98. The number of aromatic nitrogens is 1. The maximum absolute atomic E-state index is 13.6. The van der Waals surface area contributed by atoms with Crippen LogP contribution in [0.2, 0.25) is 5.02 Å². The molecule has 0 fully saturated rings. The molecular weight excluding hydrogens is 253 g/mol. The summed E-state index contributed by atoms with van der Waals surface area (Å²) in [6.45, 7) is 1.87.